The lowest BCUT2D eigenvalue weighted by Crippen LogP contribution is -2.55. The highest BCUT2D eigenvalue weighted by atomic mass is 32.2. The molecule has 0 aliphatic carbocycles. The first-order valence-corrected chi connectivity index (χ1v) is 13.3. The fourth-order valence-corrected chi connectivity index (χ4v) is 4.90. The average molecular weight is 516 g/mol. The topological polar surface area (TPSA) is 171 Å². The van der Waals surface area contributed by atoms with Crippen molar-refractivity contribution in [2.45, 2.75) is 57.4 Å². The number of nitrogens with one attached hydrogen (secondary N) is 3. The van der Waals surface area contributed by atoms with Crippen molar-refractivity contribution in [1.29, 1.82) is 0 Å². The highest BCUT2D eigenvalue weighted by Gasteiger charge is 2.30. The molecule has 0 aliphatic heterocycles. The number of methoxy groups -OCH3 is 1. The lowest BCUT2D eigenvalue weighted by molar-refractivity contribution is -0.128. The molecular weight excluding hydrogens is 478 g/mol. The summed E-state index contributed by atoms with van der Waals surface area (Å²) in [5.41, 5.74) is 0.368. The van der Waals surface area contributed by atoms with Crippen LogP contribution in [-0.4, -0.2) is 92.4 Å². The van der Waals surface area contributed by atoms with E-state index in [-0.39, 0.29) is 18.8 Å². The van der Waals surface area contributed by atoms with Crippen molar-refractivity contribution < 1.29 is 37.8 Å². The number of aliphatic hydroxyl groups is 2. The lowest BCUT2D eigenvalue weighted by Gasteiger charge is -2.28. The van der Waals surface area contributed by atoms with Crippen LogP contribution >= 0.6 is 0 Å². The van der Waals surface area contributed by atoms with Gasteiger partial charge in [0.2, 0.25) is 11.8 Å². The van der Waals surface area contributed by atoms with Crippen LogP contribution in [-0.2, 0) is 24.2 Å². The van der Waals surface area contributed by atoms with Crippen LogP contribution in [0.4, 0.5) is 0 Å². The molecule has 198 valence electrons. The van der Waals surface area contributed by atoms with Crippen LogP contribution in [0.25, 0.3) is 0 Å². The molecule has 12 heteroatoms. The van der Waals surface area contributed by atoms with Gasteiger partial charge in [-0.15, -0.1) is 0 Å². The van der Waals surface area contributed by atoms with Crippen LogP contribution in [0, 0.1) is 0 Å². The average Bonchev–Trinajstić information content (AvgIpc) is 2.82. The fraction of sp³-hybridized carbons (Fsp3) is 0.609. The summed E-state index contributed by atoms with van der Waals surface area (Å²) in [6, 6.07) is 6.09. The highest BCUT2D eigenvalue weighted by Crippen LogP contribution is 2.08. The molecule has 0 bridgehead atoms. The van der Waals surface area contributed by atoms with E-state index in [1.54, 1.807) is 30.3 Å². The number of aliphatic hydroxyl groups excluding tert-OH is 2. The third kappa shape index (κ3) is 11.6. The van der Waals surface area contributed by atoms with Crippen LogP contribution in [0.5, 0.6) is 0 Å². The summed E-state index contributed by atoms with van der Waals surface area (Å²) >= 11 is 0. The quantitative estimate of drug-likeness (QED) is 0.194. The van der Waals surface area contributed by atoms with E-state index < -0.39 is 64.1 Å². The zero-order valence-electron chi connectivity index (χ0n) is 20.4. The minimum absolute atomic E-state index is 0.115. The molecule has 4 atom stereocenters. The number of hydrogen-bond donors (Lipinski definition) is 5. The van der Waals surface area contributed by atoms with E-state index in [0.717, 1.165) is 6.92 Å². The normalized spacial score (nSPS) is 14.9. The van der Waals surface area contributed by atoms with E-state index in [1.165, 1.54) is 7.11 Å². The Hall–Kier alpha value is -2.54. The van der Waals surface area contributed by atoms with Crippen molar-refractivity contribution in [3.8, 4) is 0 Å². The SMILES string of the molecule is CCCCS(=O)(=O)CC(NC(C)=O)C(=O)NCC(O)C(O)C(CCOC)NC(=O)c1ccccc1. The van der Waals surface area contributed by atoms with E-state index in [9.17, 15) is 33.0 Å². The molecule has 0 fully saturated rings. The number of ether oxygens (including phenoxy) is 1. The van der Waals surface area contributed by atoms with E-state index in [0.29, 0.717) is 18.4 Å². The Morgan fingerprint density at radius 2 is 1.74 bits per heavy atom. The molecule has 1 aromatic carbocycles. The molecular formula is C23H37N3O8S. The highest BCUT2D eigenvalue weighted by molar-refractivity contribution is 7.91. The van der Waals surface area contributed by atoms with E-state index in [2.05, 4.69) is 16.0 Å². The van der Waals surface area contributed by atoms with Gasteiger partial charge in [0, 0.05) is 32.7 Å². The van der Waals surface area contributed by atoms with Gasteiger partial charge in [-0.05, 0) is 25.0 Å². The molecule has 0 aliphatic rings. The summed E-state index contributed by atoms with van der Waals surface area (Å²) in [5, 5.41) is 28.5. The number of sulfone groups is 1. The fourth-order valence-electron chi connectivity index (χ4n) is 3.26. The second kappa shape index (κ2) is 15.5. The maximum Gasteiger partial charge on any atom is 0.251 e. The standard InChI is InChI=1S/C23H37N3O8S/c1-4-5-13-35(32,33)15-19(25-16(2)27)23(31)24-14-20(28)21(29)18(11-12-34-3)26-22(30)17-9-7-6-8-10-17/h6-10,18-21,28-29H,4-5,11-15H2,1-3H3,(H,24,31)(H,25,27)(H,26,30). The Morgan fingerprint density at radius 1 is 1.09 bits per heavy atom. The largest absolute Gasteiger partial charge is 0.388 e. The number of rotatable bonds is 16. The van der Waals surface area contributed by atoms with Crippen LogP contribution in [0.15, 0.2) is 30.3 Å². The van der Waals surface area contributed by atoms with Crippen LogP contribution in [0.1, 0.15) is 43.5 Å². The molecule has 11 nitrogen and oxygen atoms in total. The van der Waals surface area contributed by atoms with Gasteiger partial charge in [0.15, 0.2) is 9.84 Å². The van der Waals surface area contributed by atoms with Crippen molar-refractivity contribution in [2.75, 3.05) is 31.8 Å². The predicted octanol–water partition coefficient (Wildman–Crippen LogP) is -0.621. The first-order valence-electron chi connectivity index (χ1n) is 11.5. The predicted molar refractivity (Wildman–Crippen MR) is 130 cm³/mol. The van der Waals surface area contributed by atoms with Gasteiger partial charge in [0.05, 0.1) is 23.7 Å². The Labute approximate surface area is 206 Å². The van der Waals surface area contributed by atoms with Crippen LogP contribution in [0.2, 0.25) is 0 Å². The van der Waals surface area contributed by atoms with E-state index in [1.807, 2.05) is 6.92 Å². The first kappa shape index (κ1) is 30.5. The molecule has 3 amide bonds. The van der Waals surface area contributed by atoms with Gasteiger partial charge in [-0.25, -0.2) is 8.42 Å². The van der Waals surface area contributed by atoms with Crippen molar-refractivity contribution in [3.63, 3.8) is 0 Å². The molecule has 1 rings (SSSR count). The second-order valence-corrected chi connectivity index (χ2v) is 10.5. The molecule has 0 saturated heterocycles. The number of hydrogen-bond acceptors (Lipinski definition) is 8. The third-order valence-corrected chi connectivity index (χ3v) is 6.95. The monoisotopic (exact) mass is 515 g/mol. The van der Waals surface area contributed by atoms with Gasteiger partial charge in [-0.1, -0.05) is 31.5 Å². The Bertz CT molecular complexity index is 911. The van der Waals surface area contributed by atoms with Gasteiger partial charge < -0.3 is 30.9 Å². The molecule has 0 aromatic heterocycles. The van der Waals surface area contributed by atoms with Gasteiger partial charge in [-0.2, -0.15) is 0 Å². The Morgan fingerprint density at radius 3 is 2.31 bits per heavy atom. The molecule has 0 heterocycles. The molecule has 0 saturated carbocycles. The minimum Gasteiger partial charge on any atom is -0.388 e. The molecule has 35 heavy (non-hydrogen) atoms. The number of benzene rings is 1. The first-order chi connectivity index (χ1) is 16.5. The van der Waals surface area contributed by atoms with Crippen molar-refractivity contribution in [3.05, 3.63) is 35.9 Å². The summed E-state index contributed by atoms with van der Waals surface area (Å²) in [7, 11) is -2.15. The summed E-state index contributed by atoms with van der Waals surface area (Å²) < 4.78 is 29.6. The van der Waals surface area contributed by atoms with Gasteiger partial charge >= 0.3 is 0 Å². The summed E-state index contributed by atoms with van der Waals surface area (Å²) in [6.07, 6.45) is -1.69. The summed E-state index contributed by atoms with van der Waals surface area (Å²) in [6.45, 7) is 2.75. The van der Waals surface area contributed by atoms with Crippen molar-refractivity contribution >= 4 is 27.6 Å². The lowest BCUT2D eigenvalue weighted by atomic mass is 10.0. The summed E-state index contributed by atoms with van der Waals surface area (Å²) in [4.78, 5) is 36.6. The van der Waals surface area contributed by atoms with E-state index in [4.69, 9.17) is 4.74 Å². The van der Waals surface area contributed by atoms with Crippen molar-refractivity contribution in [1.82, 2.24) is 16.0 Å². The van der Waals surface area contributed by atoms with Crippen molar-refractivity contribution in [2.24, 2.45) is 0 Å². The smallest absolute Gasteiger partial charge is 0.251 e. The van der Waals surface area contributed by atoms with Crippen LogP contribution in [0.3, 0.4) is 0 Å². The van der Waals surface area contributed by atoms with Gasteiger partial charge in [-0.3, -0.25) is 14.4 Å². The van der Waals surface area contributed by atoms with Gasteiger partial charge in [0.1, 0.15) is 12.1 Å². The Kier molecular flexibility index (Phi) is 13.5. The van der Waals surface area contributed by atoms with Crippen LogP contribution < -0.4 is 16.0 Å². The zero-order valence-corrected chi connectivity index (χ0v) is 21.2. The number of unbranched alkanes of at least 4 members (excludes halogenated alkanes) is 1. The maximum atomic E-state index is 12.6. The molecule has 5 N–H and O–H groups in total. The Balaban J connectivity index is 2.81. The molecule has 1 aromatic rings. The molecule has 0 radical (unpaired) electrons. The third-order valence-electron chi connectivity index (χ3n) is 5.20. The molecule has 0 spiro atoms. The number of amides is 3. The second-order valence-electron chi connectivity index (χ2n) is 8.25. The zero-order chi connectivity index (χ0) is 26.4. The maximum absolute atomic E-state index is 12.6. The number of carbonyl (C=O) groups excluding carboxylic acids is 3. The minimum atomic E-state index is -3.60. The summed E-state index contributed by atoms with van der Waals surface area (Å²) in [5.74, 6) is -2.55. The molecule has 4 unspecified atom stereocenters. The van der Waals surface area contributed by atoms with E-state index >= 15 is 0 Å². The number of carbonyl (C=O) groups is 3. The van der Waals surface area contributed by atoms with Gasteiger partial charge in [0.25, 0.3) is 5.91 Å².